The molecule has 0 saturated carbocycles. The molecule has 0 aliphatic carbocycles. The highest BCUT2D eigenvalue weighted by Crippen LogP contribution is 2.39. The Morgan fingerprint density at radius 1 is 1.16 bits per heavy atom. The molecule has 94 valence electrons. The summed E-state index contributed by atoms with van der Waals surface area (Å²) in [6.07, 6.45) is 5.50. The summed E-state index contributed by atoms with van der Waals surface area (Å²) in [5, 5.41) is 0. The van der Waals surface area contributed by atoms with Crippen molar-refractivity contribution in [2.45, 2.75) is 6.92 Å². The molecule has 0 spiro atoms. The monoisotopic (exact) mass is 254 g/mol. The van der Waals surface area contributed by atoms with Crippen LogP contribution in [0.3, 0.4) is 0 Å². The molecule has 0 radical (unpaired) electrons. The molecule has 0 saturated heterocycles. The van der Waals surface area contributed by atoms with Gasteiger partial charge in [-0.1, -0.05) is 24.1 Å². The van der Waals surface area contributed by atoms with Crippen LogP contribution in [-0.4, -0.2) is 6.79 Å². The minimum atomic E-state index is -0.266. The molecule has 19 heavy (non-hydrogen) atoms. The molecule has 0 N–H and O–H groups in total. The molecule has 1 aliphatic heterocycles. The minimum Gasteiger partial charge on any atom is -0.454 e. The lowest BCUT2D eigenvalue weighted by Gasteiger charge is -2.09. The van der Waals surface area contributed by atoms with E-state index in [0.29, 0.717) is 33.8 Å². The third-order valence-electron chi connectivity index (χ3n) is 3.15. The van der Waals surface area contributed by atoms with E-state index in [4.69, 9.17) is 15.9 Å². The molecular formula is C16H11FO2. The molecule has 3 rings (SSSR count). The quantitative estimate of drug-likeness (QED) is 0.725. The van der Waals surface area contributed by atoms with Gasteiger partial charge in [-0.25, -0.2) is 4.39 Å². The maximum Gasteiger partial charge on any atom is 0.231 e. The normalized spacial score (nSPS) is 12.3. The van der Waals surface area contributed by atoms with E-state index in [1.54, 1.807) is 37.3 Å². The van der Waals surface area contributed by atoms with E-state index in [2.05, 4.69) is 5.92 Å². The predicted octanol–water partition coefficient (Wildman–Crippen LogP) is 3.51. The largest absolute Gasteiger partial charge is 0.454 e. The van der Waals surface area contributed by atoms with Gasteiger partial charge < -0.3 is 9.47 Å². The van der Waals surface area contributed by atoms with Crippen LogP contribution in [0, 0.1) is 25.1 Å². The van der Waals surface area contributed by atoms with Gasteiger partial charge in [0.2, 0.25) is 6.79 Å². The smallest absolute Gasteiger partial charge is 0.231 e. The van der Waals surface area contributed by atoms with Gasteiger partial charge in [-0.05, 0) is 18.6 Å². The summed E-state index contributed by atoms with van der Waals surface area (Å²) in [6.45, 7) is 1.89. The Kier molecular flexibility index (Phi) is 2.64. The van der Waals surface area contributed by atoms with Crippen LogP contribution in [0.1, 0.15) is 11.1 Å². The Morgan fingerprint density at radius 3 is 2.63 bits per heavy atom. The van der Waals surface area contributed by atoms with Crippen LogP contribution in [0.2, 0.25) is 0 Å². The van der Waals surface area contributed by atoms with Gasteiger partial charge in [-0.15, -0.1) is 6.42 Å². The fourth-order valence-corrected chi connectivity index (χ4v) is 2.14. The Balaban J connectivity index is 2.25. The molecule has 2 nitrogen and oxygen atoms in total. The van der Waals surface area contributed by atoms with Crippen molar-refractivity contribution in [1.29, 1.82) is 0 Å². The molecule has 3 heteroatoms. The fraction of sp³-hybridized carbons (Fsp3) is 0.125. The molecular weight excluding hydrogens is 243 g/mol. The van der Waals surface area contributed by atoms with Gasteiger partial charge in [-0.2, -0.15) is 0 Å². The predicted molar refractivity (Wildman–Crippen MR) is 70.6 cm³/mol. The maximum atomic E-state index is 14.2. The first kappa shape index (κ1) is 11.6. The van der Waals surface area contributed by atoms with Crippen molar-refractivity contribution in [1.82, 2.24) is 0 Å². The first-order valence-electron chi connectivity index (χ1n) is 5.86. The van der Waals surface area contributed by atoms with Crippen molar-refractivity contribution in [2.75, 3.05) is 6.79 Å². The molecule has 0 unspecified atom stereocenters. The van der Waals surface area contributed by atoms with Crippen molar-refractivity contribution in [2.24, 2.45) is 0 Å². The number of hydrogen-bond acceptors (Lipinski definition) is 2. The first-order chi connectivity index (χ1) is 9.20. The van der Waals surface area contributed by atoms with Gasteiger partial charge in [0, 0.05) is 22.8 Å². The Bertz CT molecular complexity index is 699. The zero-order chi connectivity index (χ0) is 13.4. The second kappa shape index (κ2) is 4.33. The number of hydrogen-bond donors (Lipinski definition) is 0. The van der Waals surface area contributed by atoms with Crippen molar-refractivity contribution in [3.8, 4) is 35.0 Å². The van der Waals surface area contributed by atoms with E-state index < -0.39 is 0 Å². The Morgan fingerprint density at radius 2 is 1.89 bits per heavy atom. The molecule has 2 aromatic carbocycles. The number of benzene rings is 2. The number of rotatable bonds is 1. The minimum absolute atomic E-state index is 0.166. The van der Waals surface area contributed by atoms with E-state index in [9.17, 15) is 4.39 Å². The third kappa shape index (κ3) is 1.82. The summed E-state index contributed by atoms with van der Waals surface area (Å²) in [6, 6.07) is 8.68. The van der Waals surface area contributed by atoms with Crippen molar-refractivity contribution < 1.29 is 13.9 Å². The fourth-order valence-electron chi connectivity index (χ4n) is 2.14. The van der Waals surface area contributed by atoms with E-state index in [1.165, 1.54) is 0 Å². The van der Waals surface area contributed by atoms with Gasteiger partial charge in [-0.3, -0.25) is 0 Å². The second-order valence-corrected chi connectivity index (χ2v) is 4.33. The molecule has 0 atom stereocenters. The van der Waals surface area contributed by atoms with Crippen LogP contribution in [0.25, 0.3) is 11.1 Å². The molecule has 2 aromatic rings. The van der Waals surface area contributed by atoms with Crippen LogP contribution < -0.4 is 9.47 Å². The molecule has 0 fully saturated rings. The van der Waals surface area contributed by atoms with Crippen molar-refractivity contribution in [3.05, 3.63) is 47.3 Å². The zero-order valence-electron chi connectivity index (χ0n) is 10.4. The lowest BCUT2D eigenvalue weighted by atomic mass is 9.97. The third-order valence-corrected chi connectivity index (χ3v) is 3.15. The van der Waals surface area contributed by atoms with E-state index >= 15 is 0 Å². The highest BCUT2D eigenvalue weighted by Gasteiger charge is 2.19. The van der Waals surface area contributed by atoms with Crippen LogP contribution in [0.15, 0.2) is 30.3 Å². The lowest BCUT2D eigenvalue weighted by molar-refractivity contribution is 0.174. The highest BCUT2D eigenvalue weighted by atomic mass is 19.1. The topological polar surface area (TPSA) is 18.5 Å². The molecule has 0 aromatic heterocycles. The van der Waals surface area contributed by atoms with Gasteiger partial charge in [0.05, 0.1) is 0 Å². The summed E-state index contributed by atoms with van der Waals surface area (Å²) in [4.78, 5) is 0. The number of aryl methyl sites for hydroxylation is 1. The van der Waals surface area contributed by atoms with Gasteiger partial charge in [0.15, 0.2) is 11.5 Å². The van der Waals surface area contributed by atoms with E-state index in [1.807, 2.05) is 0 Å². The van der Waals surface area contributed by atoms with E-state index in [-0.39, 0.29) is 12.6 Å². The van der Waals surface area contributed by atoms with Crippen molar-refractivity contribution in [3.63, 3.8) is 0 Å². The number of halogens is 1. The van der Waals surface area contributed by atoms with Crippen LogP contribution in [0.4, 0.5) is 4.39 Å². The van der Waals surface area contributed by atoms with Gasteiger partial charge in [0.1, 0.15) is 5.82 Å². The lowest BCUT2D eigenvalue weighted by Crippen LogP contribution is -1.93. The van der Waals surface area contributed by atoms with Gasteiger partial charge in [0.25, 0.3) is 0 Å². The Hall–Kier alpha value is -2.47. The Labute approximate surface area is 110 Å². The summed E-state index contributed by atoms with van der Waals surface area (Å²) in [5.74, 6) is 3.50. The molecule has 0 amide bonds. The van der Waals surface area contributed by atoms with Crippen LogP contribution >= 0.6 is 0 Å². The van der Waals surface area contributed by atoms with Crippen LogP contribution in [0.5, 0.6) is 11.5 Å². The van der Waals surface area contributed by atoms with Crippen molar-refractivity contribution >= 4 is 0 Å². The number of fused-ring (bicyclic) bond motifs is 1. The van der Waals surface area contributed by atoms with Crippen LogP contribution in [-0.2, 0) is 0 Å². The molecule has 1 aliphatic rings. The van der Waals surface area contributed by atoms with E-state index in [0.717, 1.165) is 0 Å². The summed E-state index contributed by atoms with van der Waals surface area (Å²) in [5.41, 5.74) is 2.30. The molecule has 1 heterocycles. The summed E-state index contributed by atoms with van der Waals surface area (Å²) >= 11 is 0. The second-order valence-electron chi connectivity index (χ2n) is 4.33. The standard InChI is InChI=1S/C16H11FO2/c1-3-11-7-14-15(19-9-18-14)8-13(11)12-6-4-5-10(2)16(12)17/h1,4-8H,9H2,2H3. The maximum absolute atomic E-state index is 14.2. The average Bonchev–Trinajstić information content (AvgIpc) is 2.87. The van der Waals surface area contributed by atoms with Gasteiger partial charge >= 0.3 is 0 Å². The average molecular weight is 254 g/mol. The summed E-state index contributed by atoms with van der Waals surface area (Å²) < 4.78 is 24.8. The SMILES string of the molecule is C#Cc1cc2c(cc1-c1cccc(C)c1F)OCO2. The summed E-state index contributed by atoms with van der Waals surface area (Å²) in [7, 11) is 0. The molecule has 0 bridgehead atoms. The first-order valence-corrected chi connectivity index (χ1v) is 5.86. The number of terminal acetylenes is 1. The zero-order valence-corrected chi connectivity index (χ0v) is 10.4. The number of ether oxygens (including phenoxy) is 2. The highest BCUT2D eigenvalue weighted by molar-refractivity contribution is 5.75.